The first-order valence-corrected chi connectivity index (χ1v) is 8.35. The van der Waals surface area contributed by atoms with Gasteiger partial charge in [0.05, 0.1) is 12.2 Å². The Morgan fingerprint density at radius 1 is 1.19 bits per heavy atom. The second-order valence-corrected chi connectivity index (χ2v) is 6.43. The largest absolute Gasteiger partial charge is 0.458 e. The van der Waals surface area contributed by atoms with Crippen molar-refractivity contribution in [2.24, 2.45) is 0 Å². The summed E-state index contributed by atoms with van der Waals surface area (Å²) in [5.41, 5.74) is 1.52. The molecule has 1 unspecified atom stereocenters. The van der Waals surface area contributed by atoms with Gasteiger partial charge in [0.2, 0.25) is 0 Å². The van der Waals surface area contributed by atoms with Crippen LogP contribution in [0.15, 0.2) is 60.2 Å². The van der Waals surface area contributed by atoms with Gasteiger partial charge in [-0.3, -0.25) is 0 Å². The number of benzene rings is 2. The molecule has 1 aliphatic rings. The Kier molecular flexibility index (Phi) is 5.19. The fourth-order valence-electron chi connectivity index (χ4n) is 2.76. The van der Waals surface area contributed by atoms with Gasteiger partial charge in [-0.2, -0.15) is 0 Å². The van der Waals surface area contributed by atoms with E-state index in [0.717, 1.165) is 11.1 Å². The maximum atomic E-state index is 12.2. The number of aryl methyl sites for hydroxylation is 1. The molecule has 134 valence electrons. The molecule has 1 atom stereocenters. The minimum Gasteiger partial charge on any atom is -0.458 e. The minimum absolute atomic E-state index is 0.179. The molecule has 1 N–H and O–H groups in total. The van der Waals surface area contributed by atoms with Gasteiger partial charge in [-0.05, 0) is 30.7 Å². The number of aliphatic hydroxyl groups is 1. The molecule has 5 heteroatoms. The van der Waals surface area contributed by atoms with Gasteiger partial charge in [-0.15, -0.1) is 0 Å². The van der Waals surface area contributed by atoms with Gasteiger partial charge in [-0.25, -0.2) is 9.59 Å². The van der Waals surface area contributed by atoms with Crippen LogP contribution in [0.4, 0.5) is 0 Å². The van der Waals surface area contributed by atoms with Gasteiger partial charge in [0, 0.05) is 12.0 Å². The number of esters is 2. The summed E-state index contributed by atoms with van der Waals surface area (Å²) in [7, 11) is 0. The summed E-state index contributed by atoms with van der Waals surface area (Å²) in [6, 6.07) is 16.3. The van der Waals surface area contributed by atoms with Crippen molar-refractivity contribution in [2.45, 2.75) is 18.9 Å². The van der Waals surface area contributed by atoms with Crippen LogP contribution >= 0.6 is 0 Å². The summed E-state index contributed by atoms with van der Waals surface area (Å²) in [6.45, 7) is 1.30. The van der Waals surface area contributed by atoms with Crippen molar-refractivity contribution in [3.63, 3.8) is 0 Å². The highest BCUT2D eigenvalue weighted by molar-refractivity contribution is 5.96. The smallest absolute Gasteiger partial charge is 0.338 e. The van der Waals surface area contributed by atoms with Gasteiger partial charge >= 0.3 is 11.9 Å². The molecule has 1 saturated heterocycles. The molecule has 1 aliphatic heterocycles. The maximum Gasteiger partial charge on any atom is 0.338 e. The number of aliphatic hydroxyl groups excluding tert-OH is 1. The van der Waals surface area contributed by atoms with E-state index in [1.165, 1.54) is 0 Å². The molecule has 0 spiro atoms. The van der Waals surface area contributed by atoms with E-state index in [-0.39, 0.29) is 13.0 Å². The van der Waals surface area contributed by atoms with Crippen molar-refractivity contribution < 1.29 is 24.2 Å². The van der Waals surface area contributed by atoms with Crippen LogP contribution < -0.4 is 0 Å². The van der Waals surface area contributed by atoms with Crippen LogP contribution in [0.25, 0.3) is 6.08 Å². The van der Waals surface area contributed by atoms with E-state index in [9.17, 15) is 14.7 Å². The van der Waals surface area contributed by atoms with Crippen molar-refractivity contribution in [1.82, 2.24) is 0 Å². The molecule has 2 aromatic carbocycles. The molecule has 0 aromatic heterocycles. The molecule has 0 saturated carbocycles. The topological polar surface area (TPSA) is 72.8 Å². The molecule has 3 rings (SSSR count). The van der Waals surface area contributed by atoms with Crippen LogP contribution in [0.5, 0.6) is 0 Å². The van der Waals surface area contributed by atoms with Crippen LogP contribution in [0, 0.1) is 6.92 Å². The zero-order valence-corrected chi connectivity index (χ0v) is 14.5. The monoisotopic (exact) mass is 352 g/mol. The molecule has 26 heavy (non-hydrogen) atoms. The number of carbonyl (C=O) groups is 2. The predicted molar refractivity (Wildman–Crippen MR) is 96.4 cm³/mol. The normalized spacial score (nSPS) is 20.8. The lowest BCUT2D eigenvalue weighted by Gasteiger charge is -2.24. The van der Waals surface area contributed by atoms with Gasteiger partial charge in [-0.1, -0.05) is 48.0 Å². The summed E-state index contributed by atoms with van der Waals surface area (Å²) < 4.78 is 10.6. The number of rotatable bonds is 5. The van der Waals surface area contributed by atoms with Crippen LogP contribution in [0.3, 0.4) is 0 Å². The SMILES string of the molecule is Cc1ccc(C(=O)OCC2(CO)C/C(=C\c3ccccc3)C(=O)O2)cc1. The Bertz CT molecular complexity index is 823. The molecule has 5 nitrogen and oxygen atoms in total. The lowest BCUT2D eigenvalue weighted by molar-refractivity contribution is -0.154. The first kappa shape index (κ1) is 17.9. The van der Waals surface area contributed by atoms with E-state index in [1.54, 1.807) is 18.2 Å². The molecular weight excluding hydrogens is 332 g/mol. The zero-order chi connectivity index (χ0) is 18.6. The van der Waals surface area contributed by atoms with E-state index in [0.29, 0.717) is 11.1 Å². The summed E-state index contributed by atoms with van der Waals surface area (Å²) in [4.78, 5) is 24.3. The first-order valence-electron chi connectivity index (χ1n) is 8.35. The average Bonchev–Trinajstić information content (AvgIpc) is 2.97. The quantitative estimate of drug-likeness (QED) is 0.662. The lowest BCUT2D eigenvalue weighted by Crippen LogP contribution is -2.39. The van der Waals surface area contributed by atoms with Crippen molar-refractivity contribution in [3.05, 3.63) is 76.9 Å². The van der Waals surface area contributed by atoms with Crippen LogP contribution in [0.1, 0.15) is 27.9 Å². The molecule has 0 aliphatic carbocycles. The Labute approximate surface area is 151 Å². The molecule has 0 amide bonds. The predicted octanol–water partition coefficient (Wildman–Crippen LogP) is 2.91. The average molecular weight is 352 g/mol. The highest BCUT2D eigenvalue weighted by atomic mass is 16.6. The second-order valence-electron chi connectivity index (χ2n) is 6.43. The highest BCUT2D eigenvalue weighted by Gasteiger charge is 2.44. The third-order valence-electron chi connectivity index (χ3n) is 4.27. The standard InChI is InChI=1S/C21H20O5/c1-15-7-9-17(10-8-15)19(23)25-14-21(13-22)12-18(20(24)26-21)11-16-5-3-2-4-6-16/h2-11,22H,12-14H2,1H3/b18-11+. The van der Waals surface area contributed by atoms with E-state index in [4.69, 9.17) is 9.47 Å². The van der Waals surface area contributed by atoms with Crippen LogP contribution in [0.2, 0.25) is 0 Å². The number of ether oxygens (including phenoxy) is 2. The minimum atomic E-state index is -1.24. The van der Waals surface area contributed by atoms with Crippen molar-refractivity contribution in [3.8, 4) is 0 Å². The first-order chi connectivity index (χ1) is 12.5. The zero-order valence-electron chi connectivity index (χ0n) is 14.5. The van der Waals surface area contributed by atoms with Gasteiger partial charge < -0.3 is 14.6 Å². The molecule has 0 bridgehead atoms. The second kappa shape index (κ2) is 7.54. The van der Waals surface area contributed by atoms with Crippen LogP contribution in [-0.4, -0.2) is 35.9 Å². The summed E-state index contributed by atoms with van der Waals surface area (Å²) in [6.07, 6.45) is 1.90. The number of cyclic esters (lactones) is 1. The van der Waals surface area contributed by atoms with Gasteiger partial charge in [0.1, 0.15) is 6.61 Å². The fourth-order valence-corrected chi connectivity index (χ4v) is 2.76. The van der Waals surface area contributed by atoms with Crippen molar-refractivity contribution >= 4 is 18.0 Å². The highest BCUT2D eigenvalue weighted by Crippen LogP contribution is 2.32. The molecule has 0 radical (unpaired) electrons. The third kappa shape index (κ3) is 4.00. The summed E-state index contributed by atoms with van der Waals surface area (Å²) in [5.74, 6) is -1.02. The van der Waals surface area contributed by atoms with Crippen molar-refractivity contribution in [2.75, 3.05) is 13.2 Å². The lowest BCUT2D eigenvalue weighted by atomic mass is 9.98. The Morgan fingerprint density at radius 3 is 2.54 bits per heavy atom. The fraction of sp³-hybridized carbons (Fsp3) is 0.238. The Balaban J connectivity index is 1.69. The van der Waals surface area contributed by atoms with Crippen molar-refractivity contribution in [1.29, 1.82) is 0 Å². The van der Waals surface area contributed by atoms with E-state index in [2.05, 4.69) is 0 Å². The van der Waals surface area contributed by atoms with E-state index in [1.807, 2.05) is 49.4 Å². The number of carbonyl (C=O) groups excluding carboxylic acids is 2. The van der Waals surface area contributed by atoms with Gasteiger partial charge in [0.25, 0.3) is 0 Å². The molecular formula is C21H20O5. The maximum absolute atomic E-state index is 12.2. The van der Waals surface area contributed by atoms with E-state index >= 15 is 0 Å². The molecule has 1 heterocycles. The number of hydrogen-bond donors (Lipinski definition) is 1. The summed E-state index contributed by atoms with van der Waals surface area (Å²) >= 11 is 0. The Hall–Kier alpha value is -2.92. The molecule has 1 fully saturated rings. The molecule has 2 aromatic rings. The third-order valence-corrected chi connectivity index (χ3v) is 4.27. The van der Waals surface area contributed by atoms with Gasteiger partial charge in [0.15, 0.2) is 5.60 Å². The van der Waals surface area contributed by atoms with Crippen LogP contribution in [-0.2, 0) is 14.3 Å². The number of hydrogen-bond acceptors (Lipinski definition) is 5. The van der Waals surface area contributed by atoms with E-state index < -0.39 is 24.1 Å². The Morgan fingerprint density at radius 2 is 1.88 bits per heavy atom. The summed E-state index contributed by atoms with van der Waals surface area (Å²) in [5, 5.41) is 9.74.